The first-order valence-electron chi connectivity index (χ1n) is 9.96. The van der Waals surface area contributed by atoms with Gasteiger partial charge in [0.1, 0.15) is 0 Å². The number of nitrogens with zero attached hydrogens (tertiary/aromatic N) is 2. The minimum atomic E-state index is -0.936. The first-order valence-corrected chi connectivity index (χ1v) is 9.96. The van der Waals surface area contributed by atoms with Crippen LogP contribution in [0.1, 0.15) is 19.2 Å². The van der Waals surface area contributed by atoms with Crippen LogP contribution < -0.4 is 5.32 Å². The maximum Gasteiger partial charge on any atom is 0.307 e. The number of anilines is 1. The third kappa shape index (κ3) is 4.95. The number of carbonyl (C=O) groups excluding carboxylic acids is 2. The van der Waals surface area contributed by atoms with Gasteiger partial charge in [0.2, 0.25) is 11.7 Å². The van der Waals surface area contributed by atoms with Crippen LogP contribution in [0.4, 0.5) is 5.69 Å². The van der Waals surface area contributed by atoms with Crippen LogP contribution in [0.5, 0.6) is 0 Å². The van der Waals surface area contributed by atoms with Crippen molar-refractivity contribution in [3.05, 3.63) is 78.7 Å². The molecule has 4 rings (SSSR count). The van der Waals surface area contributed by atoms with Gasteiger partial charge in [-0.05, 0) is 18.4 Å². The van der Waals surface area contributed by atoms with E-state index in [2.05, 4.69) is 15.5 Å². The standard InChI is InChI=1S/C24H21N3O4/c1-16(24(29)25-20-13-7-11-17-8-5-6-12-19(17)20)30-22(28)15-14-21-26-23(27-31-21)18-9-3-2-4-10-18/h2-13,16H,14-15H2,1H3,(H,25,29). The van der Waals surface area contributed by atoms with Crippen molar-refractivity contribution >= 4 is 28.3 Å². The molecule has 0 spiro atoms. The van der Waals surface area contributed by atoms with Gasteiger partial charge >= 0.3 is 5.97 Å². The van der Waals surface area contributed by atoms with Crippen molar-refractivity contribution in [2.45, 2.75) is 25.9 Å². The molecule has 0 aliphatic heterocycles. The SMILES string of the molecule is CC(OC(=O)CCc1nc(-c2ccccc2)no1)C(=O)Nc1cccc2ccccc12. The van der Waals surface area contributed by atoms with E-state index >= 15 is 0 Å². The summed E-state index contributed by atoms with van der Waals surface area (Å²) in [6.07, 6.45) is -0.674. The van der Waals surface area contributed by atoms with Crippen LogP contribution in [-0.4, -0.2) is 28.1 Å². The third-order valence-electron chi connectivity index (χ3n) is 4.77. The predicted molar refractivity (Wildman–Crippen MR) is 116 cm³/mol. The fourth-order valence-corrected chi connectivity index (χ4v) is 3.15. The van der Waals surface area contributed by atoms with Gasteiger partial charge in [-0.25, -0.2) is 0 Å². The number of hydrogen-bond acceptors (Lipinski definition) is 6. The Morgan fingerprint density at radius 1 is 1.00 bits per heavy atom. The molecule has 1 aromatic heterocycles. The molecule has 1 N–H and O–H groups in total. The number of ether oxygens (including phenoxy) is 1. The van der Waals surface area contributed by atoms with E-state index in [9.17, 15) is 9.59 Å². The van der Waals surface area contributed by atoms with E-state index in [4.69, 9.17) is 9.26 Å². The van der Waals surface area contributed by atoms with Crippen molar-refractivity contribution in [1.29, 1.82) is 0 Å². The summed E-state index contributed by atoms with van der Waals surface area (Å²) in [5, 5.41) is 8.68. The summed E-state index contributed by atoms with van der Waals surface area (Å²) in [6.45, 7) is 1.54. The number of aromatic nitrogens is 2. The summed E-state index contributed by atoms with van der Waals surface area (Å²) in [6, 6.07) is 22.8. The van der Waals surface area contributed by atoms with Crippen LogP contribution in [-0.2, 0) is 20.7 Å². The highest BCUT2D eigenvalue weighted by molar-refractivity contribution is 6.03. The van der Waals surface area contributed by atoms with E-state index in [-0.39, 0.29) is 12.8 Å². The number of rotatable bonds is 7. The lowest BCUT2D eigenvalue weighted by atomic mass is 10.1. The van der Waals surface area contributed by atoms with Crippen molar-refractivity contribution in [1.82, 2.24) is 10.1 Å². The largest absolute Gasteiger partial charge is 0.453 e. The smallest absolute Gasteiger partial charge is 0.307 e. The molecule has 1 atom stereocenters. The molecule has 1 heterocycles. The van der Waals surface area contributed by atoms with Gasteiger partial charge in [-0.2, -0.15) is 4.98 Å². The molecule has 0 aliphatic carbocycles. The number of esters is 1. The summed E-state index contributed by atoms with van der Waals surface area (Å²) in [4.78, 5) is 29.0. The number of benzene rings is 3. The minimum Gasteiger partial charge on any atom is -0.453 e. The van der Waals surface area contributed by atoms with Crippen molar-refractivity contribution in [3.8, 4) is 11.4 Å². The second-order valence-corrected chi connectivity index (χ2v) is 7.03. The maximum absolute atomic E-state index is 12.5. The number of nitrogens with one attached hydrogen (secondary N) is 1. The zero-order valence-electron chi connectivity index (χ0n) is 16.9. The van der Waals surface area contributed by atoms with Crippen molar-refractivity contribution in [2.75, 3.05) is 5.32 Å². The Morgan fingerprint density at radius 2 is 1.74 bits per heavy atom. The summed E-state index contributed by atoms with van der Waals surface area (Å²) in [5.74, 6) is -0.107. The summed E-state index contributed by atoms with van der Waals surface area (Å²) in [7, 11) is 0. The maximum atomic E-state index is 12.5. The van der Waals surface area contributed by atoms with Crippen molar-refractivity contribution in [3.63, 3.8) is 0 Å². The zero-order chi connectivity index (χ0) is 21.6. The van der Waals surface area contributed by atoms with Gasteiger partial charge in [-0.15, -0.1) is 0 Å². The predicted octanol–water partition coefficient (Wildman–Crippen LogP) is 4.39. The molecule has 1 amide bonds. The second-order valence-electron chi connectivity index (χ2n) is 7.03. The van der Waals surface area contributed by atoms with Crippen molar-refractivity contribution in [2.24, 2.45) is 0 Å². The molecule has 3 aromatic carbocycles. The highest BCUT2D eigenvalue weighted by Crippen LogP contribution is 2.23. The van der Waals surface area contributed by atoms with Crippen molar-refractivity contribution < 1.29 is 18.8 Å². The van der Waals surface area contributed by atoms with E-state index in [1.165, 1.54) is 0 Å². The Labute approximate surface area is 179 Å². The number of aryl methyl sites for hydroxylation is 1. The van der Waals surface area contributed by atoms with E-state index in [1.54, 1.807) is 6.92 Å². The second kappa shape index (κ2) is 9.21. The van der Waals surface area contributed by atoms with E-state index in [1.807, 2.05) is 72.8 Å². The molecule has 0 fully saturated rings. The molecule has 7 heteroatoms. The fourth-order valence-electron chi connectivity index (χ4n) is 3.15. The highest BCUT2D eigenvalue weighted by Gasteiger charge is 2.19. The highest BCUT2D eigenvalue weighted by atomic mass is 16.5. The van der Waals surface area contributed by atoms with Gasteiger partial charge in [0.15, 0.2) is 6.10 Å². The number of carbonyl (C=O) groups is 2. The molecule has 4 aromatic rings. The number of amides is 1. The molecule has 156 valence electrons. The molecule has 7 nitrogen and oxygen atoms in total. The van der Waals surface area contributed by atoms with Gasteiger partial charge in [0.25, 0.3) is 5.91 Å². The van der Waals surface area contributed by atoms with Crippen LogP contribution in [0.15, 0.2) is 77.3 Å². The minimum absolute atomic E-state index is 0.0301. The van der Waals surface area contributed by atoms with Gasteiger partial charge in [-0.3, -0.25) is 9.59 Å². The Bertz CT molecular complexity index is 1200. The van der Waals surface area contributed by atoms with Crippen LogP contribution in [0, 0.1) is 0 Å². The molecular weight excluding hydrogens is 394 g/mol. The molecule has 0 saturated carbocycles. The van der Waals surface area contributed by atoms with Gasteiger partial charge in [0.05, 0.1) is 6.42 Å². The number of hydrogen-bond donors (Lipinski definition) is 1. The first-order chi connectivity index (χ1) is 15.1. The molecule has 31 heavy (non-hydrogen) atoms. The molecule has 1 unspecified atom stereocenters. The van der Waals surface area contributed by atoms with E-state index < -0.39 is 18.0 Å². The fraction of sp³-hybridized carbons (Fsp3) is 0.167. The number of fused-ring (bicyclic) bond motifs is 1. The lowest BCUT2D eigenvalue weighted by Crippen LogP contribution is -2.30. The summed E-state index contributed by atoms with van der Waals surface area (Å²) < 4.78 is 10.5. The molecule has 0 aliphatic rings. The lowest BCUT2D eigenvalue weighted by molar-refractivity contribution is -0.153. The molecule has 0 bridgehead atoms. The average molecular weight is 415 g/mol. The van der Waals surface area contributed by atoms with Crippen LogP contribution in [0.3, 0.4) is 0 Å². The topological polar surface area (TPSA) is 94.3 Å². The average Bonchev–Trinajstić information content (AvgIpc) is 3.28. The van der Waals surface area contributed by atoms with Crippen LogP contribution in [0.2, 0.25) is 0 Å². The van der Waals surface area contributed by atoms with Gasteiger partial charge in [0, 0.05) is 23.1 Å². The molecular formula is C24H21N3O4. The van der Waals surface area contributed by atoms with E-state index in [0.717, 1.165) is 16.3 Å². The Hall–Kier alpha value is -4.00. The molecule has 0 radical (unpaired) electrons. The Balaban J connectivity index is 1.30. The van der Waals surface area contributed by atoms with Gasteiger partial charge in [-0.1, -0.05) is 71.9 Å². The Morgan fingerprint density at radius 3 is 2.58 bits per heavy atom. The summed E-state index contributed by atoms with van der Waals surface area (Å²) in [5.41, 5.74) is 1.50. The van der Waals surface area contributed by atoms with E-state index in [0.29, 0.717) is 17.4 Å². The Kier molecular flexibility index (Phi) is 6.03. The molecule has 0 saturated heterocycles. The van der Waals surface area contributed by atoms with Crippen LogP contribution in [0.25, 0.3) is 22.2 Å². The third-order valence-corrected chi connectivity index (χ3v) is 4.77. The monoisotopic (exact) mass is 415 g/mol. The van der Waals surface area contributed by atoms with Gasteiger partial charge < -0.3 is 14.6 Å². The normalized spacial score (nSPS) is 11.8. The van der Waals surface area contributed by atoms with Crippen LogP contribution >= 0.6 is 0 Å². The zero-order valence-corrected chi connectivity index (χ0v) is 16.9. The summed E-state index contributed by atoms with van der Waals surface area (Å²) >= 11 is 0. The first kappa shape index (κ1) is 20.3. The quantitative estimate of drug-likeness (QED) is 0.450. The lowest BCUT2D eigenvalue weighted by Gasteiger charge is -2.14.